The van der Waals surface area contributed by atoms with E-state index in [9.17, 15) is 4.79 Å². The Morgan fingerprint density at radius 1 is 1.44 bits per heavy atom. The number of nitrogens with one attached hydrogen (secondary N) is 2. The van der Waals surface area contributed by atoms with Crippen molar-refractivity contribution < 1.29 is 4.79 Å². The van der Waals surface area contributed by atoms with Crippen LogP contribution < -0.4 is 10.6 Å². The molecular formula is C17H30IN5OS. The quantitative estimate of drug-likeness (QED) is 0.272. The predicted molar refractivity (Wildman–Crippen MR) is 116 cm³/mol. The fourth-order valence-corrected chi connectivity index (χ4v) is 3.61. The Hall–Kier alpha value is -0.870. The van der Waals surface area contributed by atoms with Gasteiger partial charge in [-0.05, 0) is 37.3 Å². The zero-order valence-electron chi connectivity index (χ0n) is 15.3. The number of rotatable bonds is 7. The molecule has 6 nitrogen and oxygen atoms in total. The van der Waals surface area contributed by atoms with Crippen LogP contribution in [-0.2, 0) is 11.3 Å². The van der Waals surface area contributed by atoms with Crippen LogP contribution in [0.1, 0.15) is 24.1 Å². The molecule has 1 fully saturated rings. The van der Waals surface area contributed by atoms with Crippen LogP contribution in [0.3, 0.4) is 0 Å². The van der Waals surface area contributed by atoms with Crippen LogP contribution in [0.4, 0.5) is 0 Å². The van der Waals surface area contributed by atoms with Crippen molar-refractivity contribution in [3.63, 3.8) is 0 Å². The third kappa shape index (κ3) is 7.10. The largest absolute Gasteiger partial charge is 0.356 e. The minimum absolute atomic E-state index is 0. The number of hydrogen-bond acceptors (Lipinski definition) is 4. The van der Waals surface area contributed by atoms with Gasteiger partial charge in [0.2, 0.25) is 5.91 Å². The molecule has 1 atom stereocenters. The van der Waals surface area contributed by atoms with Crippen LogP contribution in [0.2, 0.25) is 0 Å². The predicted octanol–water partition coefficient (Wildman–Crippen LogP) is 1.97. The number of aliphatic imine (C=N–C) groups is 1. The zero-order chi connectivity index (χ0) is 17.4. The highest BCUT2D eigenvalue weighted by molar-refractivity contribution is 14.0. The highest BCUT2D eigenvalue weighted by Crippen LogP contribution is 2.18. The van der Waals surface area contributed by atoms with Crippen LogP contribution in [0.5, 0.6) is 0 Å². The van der Waals surface area contributed by atoms with Gasteiger partial charge in [-0.25, -0.2) is 0 Å². The molecule has 2 heterocycles. The third-order valence-corrected chi connectivity index (χ3v) is 5.11. The van der Waals surface area contributed by atoms with E-state index in [-0.39, 0.29) is 35.9 Å². The van der Waals surface area contributed by atoms with Crippen molar-refractivity contribution in [2.75, 3.05) is 40.8 Å². The summed E-state index contributed by atoms with van der Waals surface area (Å²) >= 11 is 1.74. The summed E-state index contributed by atoms with van der Waals surface area (Å²) in [5, 5.41) is 8.74. The number of guanidine groups is 1. The summed E-state index contributed by atoms with van der Waals surface area (Å²) < 4.78 is 0. The van der Waals surface area contributed by atoms with E-state index in [2.05, 4.69) is 38.0 Å². The van der Waals surface area contributed by atoms with Gasteiger partial charge in [-0.3, -0.25) is 14.7 Å². The smallest absolute Gasteiger partial charge is 0.239 e. The summed E-state index contributed by atoms with van der Waals surface area (Å²) in [4.78, 5) is 21.7. The fourth-order valence-electron chi connectivity index (χ4n) is 2.97. The first-order valence-electron chi connectivity index (χ1n) is 8.54. The number of likely N-dealkylation sites (N-methyl/N-ethyl adjacent to an activating group) is 1. The van der Waals surface area contributed by atoms with Crippen LogP contribution >= 0.6 is 35.3 Å². The van der Waals surface area contributed by atoms with E-state index in [0.717, 1.165) is 51.4 Å². The highest BCUT2D eigenvalue weighted by atomic mass is 127. The molecule has 1 aliphatic rings. The van der Waals surface area contributed by atoms with Crippen molar-refractivity contribution in [2.45, 2.75) is 31.8 Å². The number of carbonyl (C=O) groups excluding carboxylic acids is 1. The summed E-state index contributed by atoms with van der Waals surface area (Å²) in [5.41, 5.74) is 0. The number of hydrogen-bond donors (Lipinski definition) is 2. The molecule has 142 valence electrons. The summed E-state index contributed by atoms with van der Waals surface area (Å²) in [5.74, 6) is 1.06. The summed E-state index contributed by atoms with van der Waals surface area (Å²) in [6, 6.07) is 4.23. The van der Waals surface area contributed by atoms with Gasteiger partial charge in [0.15, 0.2) is 5.96 Å². The van der Waals surface area contributed by atoms with E-state index >= 15 is 0 Å². The molecule has 1 aliphatic heterocycles. The van der Waals surface area contributed by atoms with Crippen molar-refractivity contribution in [2.24, 2.45) is 4.99 Å². The van der Waals surface area contributed by atoms with E-state index in [1.165, 1.54) is 4.88 Å². The van der Waals surface area contributed by atoms with Gasteiger partial charge < -0.3 is 15.5 Å². The summed E-state index contributed by atoms with van der Waals surface area (Å²) in [7, 11) is 5.46. The minimum Gasteiger partial charge on any atom is -0.356 e. The molecule has 1 amide bonds. The molecule has 0 aromatic carbocycles. The van der Waals surface area contributed by atoms with E-state index in [0.29, 0.717) is 0 Å². The summed E-state index contributed by atoms with van der Waals surface area (Å²) in [6.07, 6.45) is 3.09. The maximum atomic E-state index is 12.2. The van der Waals surface area contributed by atoms with Crippen molar-refractivity contribution >= 4 is 47.2 Å². The molecule has 0 spiro atoms. The van der Waals surface area contributed by atoms with Crippen LogP contribution in [0.15, 0.2) is 22.5 Å². The number of halogens is 1. The Kier molecular flexibility index (Phi) is 10.4. The van der Waals surface area contributed by atoms with Gasteiger partial charge in [-0.2, -0.15) is 0 Å². The molecule has 1 aromatic heterocycles. The van der Waals surface area contributed by atoms with Gasteiger partial charge in [0, 0.05) is 39.1 Å². The number of likely N-dealkylation sites (tertiary alicyclic amines) is 1. The average molecular weight is 479 g/mol. The molecule has 0 aliphatic carbocycles. The van der Waals surface area contributed by atoms with Gasteiger partial charge in [-0.1, -0.05) is 6.07 Å². The highest BCUT2D eigenvalue weighted by Gasteiger charge is 2.30. The second kappa shape index (κ2) is 11.7. The first kappa shape index (κ1) is 22.2. The molecule has 0 saturated carbocycles. The lowest BCUT2D eigenvalue weighted by molar-refractivity contribution is -0.133. The zero-order valence-corrected chi connectivity index (χ0v) is 18.5. The lowest BCUT2D eigenvalue weighted by Gasteiger charge is -2.26. The Labute approximate surface area is 172 Å². The minimum atomic E-state index is 0. The van der Waals surface area contributed by atoms with Crippen LogP contribution in [-0.4, -0.2) is 68.5 Å². The molecule has 1 aromatic rings. The Morgan fingerprint density at radius 2 is 2.24 bits per heavy atom. The maximum absolute atomic E-state index is 12.2. The average Bonchev–Trinajstić information content (AvgIpc) is 3.24. The Morgan fingerprint density at radius 3 is 2.88 bits per heavy atom. The second-order valence-corrected chi connectivity index (χ2v) is 7.24. The van der Waals surface area contributed by atoms with Crippen molar-refractivity contribution in [3.8, 4) is 0 Å². The van der Waals surface area contributed by atoms with E-state index < -0.39 is 0 Å². The number of thiophene rings is 1. The van der Waals surface area contributed by atoms with E-state index in [1.807, 2.05) is 14.1 Å². The first-order chi connectivity index (χ1) is 11.6. The third-order valence-electron chi connectivity index (χ3n) is 4.24. The Balaban J connectivity index is 0.00000312. The second-order valence-electron chi connectivity index (χ2n) is 6.21. The lowest BCUT2D eigenvalue weighted by atomic mass is 10.2. The van der Waals surface area contributed by atoms with Gasteiger partial charge in [-0.15, -0.1) is 35.3 Å². The van der Waals surface area contributed by atoms with E-state index in [1.54, 1.807) is 23.3 Å². The fraction of sp³-hybridized carbons (Fsp3) is 0.647. The SMILES string of the molecule is CN=C(NCCCN1CCCC1C(=O)N(C)C)NCc1cccs1.I. The van der Waals surface area contributed by atoms with Gasteiger partial charge in [0.1, 0.15) is 0 Å². The van der Waals surface area contributed by atoms with Gasteiger partial charge >= 0.3 is 0 Å². The van der Waals surface area contributed by atoms with Gasteiger partial charge in [0.25, 0.3) is 0 Å². The van der Waals surface area contributed by atoms with Gasteiger partial charge in [0.05, 0.1) is 12.6 Å². The number of amides is 1. The van der Waals surface area contributed by atoms with Crippen molar-refractivity contribution in [1.29, 1.82) is 0 Å². The van der Waals surface area contributed by atoms with Crippen LogP contribution in [0, 0.1) is 0 Å². The summed E-state index contributed by atoms with van der Waals surface area (Å²) in [6.45, 7) is 3.61. The van der Waals surface area contributed by atoms with Crippen molar-refractivity contribution in [1.82, 2.24) is 20.4 Å². The molecule has 1 saturated heterocycles. The molecular weight excluding hydrogens is 449 g/mol. The molecule has 2 rings (SSSR count). The molecule has 1 unspecified atom stereocenters. The number of nitrogens with zero attached hydrogens (tertiary/aromatic N) is 3. The standard InChI is InChI=1S/C17H29N5OS.HI/c1-18-17(20-13-14-7-5-12-24-14)19-9-6-11-22-10-4-8-15(22)16(23)21(2)3;/h5,7,12,15H,4,6,8-11,13H2,1-3H3,(H2,18,19,20);1H. The molecule has 0 bridgehead atoms. The molecule has 0 radical (unpaired) electrons. The lowest BCUT2D eigenvalue weighted by Crippen LogP contribution is -2.44. The van der Waals surface area contributed by atoms with Crippen molar-refractivity contribution in [3.05, 3.63) is 22.4 Å². The van der Waals surface area contributed by atoms with E-state index in [4.69, 9.17) is 0 Å². The van der Waals surface area contributed by atoms with Crippen LogP contribution in [0.25, 0.3) is 0 Å². The molecule has 2 N–H and O–H groups in total. The maximum Gasteiger partial charge on any atom is 0.239 e. The molecule has 25 heavy (non-hydrogen) atoms. The topological polar surface area (TPSA) is 60.0 Å². The molecule has 8 heteroatoms. The first-order valence-corrected chi connectivity index (χ1v) is 9.42. The monoisotopic (exact) mass is 479 g/mol. The normalized spacial score (nSPS) is 17.9. The Bertz CT molecular complexity index is 535. The number of carbonyl (C=O) groups is 1.